The van der Waals surface area contributed by atoms with Gasteiger partial charge in [-0.3, -0.25) is 4.79 Å². The Balaban J connectivity index is 1.81. The topological polar surface area (TPSA) is 72.5 Å². The van der Waals surface area contributed by atoms with Gasteiger partial charge in [0.25, 0.3) is 0 Å². The number of carbonyl (C=O) groups is 1. The molecule has 0 saturated heterocycles. The van der Waals surface area contributed by atoms with Gasteiger partial charge in [-0.15, -0.1) is 0 Å². The molecule has 0 radical (unpaired) electrons. The molecule has 7 heteroatoms. The van der Waals surface area contributed by atoms with Crippen molar-refractivity contribution in [1.82, 2.24) is 5.32 Å². The van der Waals surface area contributed by atoms with E-state index in [1.807, 2.05) is 6.92 Å². The molecule has 0 heterocycles. The minimum atomic E-state index is -3.22. The summed E-state index contributed by atoms with van der Waals surface area (Å²) in [6, 6.07) is 13.6. The van der Waals surface area contributed by atoms with Crippen LogP contribution in [0.3, 0.4) is 0 Å². The predicted molar refractivity (Wildman–Crippen MR) is 107 cm³/mol. The van der Waals surface area contributed by atoms with Gasteiger partial charge in [0.2, 0.25) is 5.91 Å². The Morgan fingerprint density at radius 1 is 1.11 bits per heavy atom. The van der Waals surface area contributed by atoms with Crippen LogP contribution in [0.25, 0.3) is 0 Å². The van der Waals surface area contributed by atoms with Gasteiger partial charge in [-0.2, -0.15) is 0 Å². The molecule has 0 spiro atoms. The fourth-order valence-corrected chi connectivity index (χ4v) is 3.34. The third-order valence-electron chi connectivity index (χ3n) is 4.08. The lowest BCUT2D eigenvalue weighted by molar-refractivity contribution is -0.122. The molecule has 0 aliphatic rings. The molecule has 1 atom stereocenters. The third kappa shape index (κ3) is 6.88. The molecule has 0 unspecified atom stereocenters. The highest BCUT2D eigenvalue weighted by Gasteiger charge is 2.14. The van der Waals surface area contributed by atoms with Gasteiger partial charge >= 0.3 is 0 Å². The molecule has 0 aliphatic carbocycles. The van der Waals surface area contributed by atoms with Crippen molar-refractivity contribution in [3.05, 3.63) is 59.1 Å². The summed E-state index contributed by atoms with van der Waals surface area (Å²) in [5.41, 5.74) is 0.885. The molecule has 2 aromatic rings. The number of benzene rings is 2. The summed E-state index contributed by atoms with van der Waals surface area (Å²) in [6.45, 7) is 2.41. The number of rotatable bonds is 9. The number of amides is 1. The molecule has 0 bridgehead atoms. The van der Waals surface area contributed by atoms with E-state index in [0.29, 0.717) is 30.9 Å². The lowest BCUT2D eigenvalue weighted by Gasteiger charge is -2.18. The first-order chi connectivity index (χ1) is 12.8. The van der Waals surface area contributed by atoms with Crippen LogP contribution >= 0.6 is 11.6 Å². The minimum absolute atomic E-state index is 0.0613. The van der Waals surface area contributed by atoms with Gasteiger partial charge in [0, 0.05) is 17.7 Å². The zero-order chi connectivity index (χ0) is 19.9. The summed E-state index contributed by atoms with van der Waals surface area (Å²) < 4.78 is 28.7. The Morgan fingerprint density at radius 2 is 1.74 bits per heavy atom. The fraction of sp³-hybridized carbons (Fsp3) is 0.350. The average molecular weight is 410 g/mol. The Labute approximate surface area is 165 Å². The summed E-state index contributed by atoms with van der Waals surface area (Å²) in [5, 5.41) is 3.64. The van der Waals surface area contributed by atoms with Gasteiger partial charge in [0.15, 0.2) is 9.84 Å². The standard InChI is InChI=1S/C20H24ClNO4S/c1-3-19(15-6-12-18(13-7-15)27(2,24)25)22-20(23)5-4-14-26-17-10-8-16(21)9-11-17/h6-13,19H,3-5,14H2,1-2H3,(H,22,23)/t19-/m0/s1. The summed E-state index contributed by atoms with van der Waals surface area (Å²) in [6.07, 6.45) is 2.84. The third-order valence-corrected chi connectivity index (χ3v) is 5.47. The van der Waals surface area contributed by atoms with Crippen molar-refractivity contribution in [3.8, 4) is 5.75 Å². The first-order valence-corrected chi connectivity index (χ1v) is 11.0. The highest BCUT2D eigenvalue weighted by molar-refractivity contribution is 7.90. The van der Waals surface area contributed by atoms with Crippen LogP contribution < -0.4 is 10.1 Å². The number of hydrogen-bond donors (Lipinski definition) is 1. The molecule has 0 aliphatic heterocycles. The van der Waals surface area contributed by atoms with E-state index >= 15 is 0 Å². The van der Waals surface area contributed by atoms with Crippen LogP contribution in [0.2, 0.25) is 5.02 Å². The molecule has 5 nitrogen and oxygen atoms in total. The maximum absolute atomic E-state index is 12.2. The zero-order valence-electron chi connectivity index (χ0n) is 15.4. The van der Waals surface area contributed by atoms with Crippen molar-refractivity contribution < 1.29 is 17.9 Å². The van der Waals surface area contributed by atoms with E-state index in [2.05, 4.69) is 5.32 Å². The van der Waals surface area contributed by atoms with Crippen LogP contribution in [0.1, 0.15) is 37.8 Å². The first-order valence-electron chi connectivity index (χ1n) is 8.77. The molecule has 2 aromatic carbocycles. The van der Waals surface area contributed by atoms with Crippen molar-refractivity contribution >= 4 is 27.3 Å². The van der Waals surface area contributed by atoms with E-state index in [1.54, 1.807) is 48.5 Å². The maximum Gasteiger partial charge on any atom is 0.220 e. The second-order valence-corrected chi connectivity index (χ2v) is 8.73. The zero-order valence-corrected chi connectivity index (χ0v) is 17.0. The lowest BCUT2D eigenvalue weighted by atomic mass is 10.0. The average Bonchev–Trinajstić information content (AvgIpc) is 2.64. The van der Waals surface area contributed by atoms with Crippen molar-refractivity contribution in [3.63, 3.8) is 0 Å². The normalized spacial score (nSPS) is 12.4. The monoisotopic (exact) mass is 409 g/mol. The molecule has 0 aromatic heterocycles. The number of ether oxygens (including phenoxy) is 1. The highest BCUT2D eigenvalue weighted by Crippen LogP contribution is 2.20. The predicted octanol–water partition coefficient (Wildman–Crippen LogP) is 4.17. The maximum atomic E-state index is 12.2. The second-order valence-electron chi connectivity index (χ2n) is 6.28. The van der Waals surface area contributed by atoms with E-state index in [-0.39, 0.29) is 16.8 Å². The molecule has 1 N–H and O–H groups in total. The van der Waals surface area contributed by atoms with Crippen LogP contribution in [0.15, 0.2) is 53.4 Å². The number of halogens is 1. The van der Waals surface area contributed by atoms with Crippen molar-refractivity contribution in [2.45, 2.75) is 37.1 Å². The fourth-order valence-electron chi connectivity index (χ4n) is 2.59. The van der Waals surface area contributed by atoms with Crippen LogP contribution in [0.5, 0.6) is 5.75 Å². The summed E-state index contributed by atoms with van der Waals surface area (Å²) in [5.74, 6) is 0.658. The molecule has 2 rings (SSSR count). The summed E-state index contributed by atoms with van der Waals surface area (Å²) >= 11 is 5.82. The van der Waals surface area contributed by atoms with Crippen LogP contribution in [0.4, 0.5) is 0 Å². The Morgan fingerprint density at radius 3 is 2.30 bits per heavy atom. The summed E-state index contributed by atoms with van der Waals surface area (Å²) in [4.78, 5) is 12.5. The molecular weight excluding hydrogens is 386 g/mol. The lowest BCUT2D eigenvalue weighted by Crippen LogP contribution is -2.28. The molecule has 146 valence electrons. The number of carbonyl (C=O) groups excluding carboxylic acids is 1. The van der Waals surface area contributed by atoms with Crippen LogP contribution in [-0.4, -0.2) is 27.2 Å². The van der Waals surface area contributed by atoms with Gasteiger partial charge in [-0.25, -0.2) is 8.42 Å². The number of sulfone groups is 1. The Bertz CT molecular complexity index is 849. The minimum Gasteiger partial charge on any atom is -0.494 e. The van der Waals surface area contributed by atoms with Crippen molar-refractivity contribution in [2.75, 3.05) is 12.9 Å². The van der Waals surface area contributed by atoms with Gasteiger partial charge in [0.05, 0.1) is 17.5 Å². The van der Waals surface area contributed by atoms with E-state index in [1.165, 1.54) is 6.26 Å². The number of hydrogen-bond acceptors (Lipinski definition) is 4. The summed E-state index contributed by atoms with van der Waals surface area (Å²) in [7, 11) is -3.22. The van der Waals surface area contributed by atoms with E-state index in [4.69, 9.17) is 16.3 Å². The van der Waals surface area contributed by atoms with E-state index in [9.17, 15) is 13.2 Å². The molecular formula is C20H24ClNO4S. The first kappa shape index (κ1) is 21.3. The quantitative estimate of drug-likeness (QED) is 0.631. The smallest absolute Gasteiger partial charge is 0.220 e. The number of nitrogens with one attached hydrogen (secondary N) is 1. The largest absolute Gasteiger partial charge is 0.494 e. The molecule has 0 saturated carbocycles. The molecule has 27 heavy (non-hydrogen) atoms. The van der Waals surface area contributed by atoms with Crippen molar-refractivity contribution in [1.29, 1.82) is 0 Å². The van der Waals surface area contributed by atoms with E-state index in [0.717, 1.165) is 11.3 Å². The van der Waals surface area contributed by atoms with Crippen LogP contribution in [-0.2, 0) is 14.6 Å². The molecule has 1 amide bonds. The van der Waals surface area contributed by atoms with Crippen LogP contribution in [0, 0.1) is 0 Å². The van der Waals surface area contributed by atoms with Gasteiger partial charge < -0.3 is 10.1 Å². The Hall–Kier alpha value is -2.05. The second kappa shape index (κ2) is 9.76. The SMILES string of the molecule is CC[C@H](NC(=O)CCCOc1ccc(Cl)cc1)c1ccc(S(C)(=O)=O)cc1. The molecule has 0 fully saturated rings. The van der Waals surface area contributed by atoms with Gasteiger partial charge in [0.1, 0.15) is 5.75 Å². The Kier molecular flexibility index (Phi) is 7.68. The van der Waals surface area contributed by atoms with Gasteiger partial charge in [-0.1, -0.05) is 30.7 Å². The highest BCUT2D eigenvalue weighted by atomic mass is 35.5. The van der Waals surface area contributed by atoms with Gasteiger partial charge in [-0.05, 0) is 54.8 Å². The van der Waals surface area contributed by atoms with Crippen molar-refractivity contribution in [2.24, 2.45) is 0 Å². The van der Waals surface area contributed by atoms with E-state index < -0.39 is 9.84 Å².